The number of amides is 1. The molecule has 3 aromatic rings. The first-order valence-corrected chi connectivity index (χ1v) is 9.41. The SMILES string of the molecule is CN(CCOc1ccc(Cl)cc1)C(=O)COc1ccccc1-c1ccccc1. The zero-order chi connectivity index (χ0) is 19.8. The minimum absolute atomic E-state index is 0.0265. The number of benzene rings is 3. The van der Waals surface area contributed by atoms with Crippen LogP contribution >= 0.6 is 11.6 Å². The summed E-state index contributed by atoms with van der Waals surface area (Å²) in [5, 5.41) is 0.660. The summed E-state index contributed by atoms with van der Waals surface area (Å²) in [4.78, 5) is 14.0. The molecule has 0 bridgehead atoms. The molecule has 0 atom stereocenters. The number of hydrogen-bond acceptors (Lipinski definition) is 3. The molecule has 0 spiro atoms. The molecule has 144 valence electrons. The summed E-state index contributed by atoms with van der Waals surface area (Å²) >= 11 is 5.85. The summed E-state index contributed by atoms with van der Waals surface area (Å²) in [6.07, 6.45) is 0. The van der Waals surface area contributed by atoms with Gasteiger partial charge in [-0.3, -0.25) is 4.79 Å². The Morgan fingerprint density at radius 1 is 0.893 bits per heavy atom. The molecule has 0 aliphatic rings. The Morgan fingerprint density at radius 2 is 1.57 bits per heavy atom. The van der Waals surface area contributed by atoms with Crippen molar-refractivity contribution in [1.82, 2.24) is 4.90 Å². The van der Waals surface area contributed by atoms with Gasteiger partial charge in [0.2, 0.25) is 0 Å². The van der Waals surface area contributed by atoms with Crippen molar-refractivity contribution in [2.24, 2.45) is 0 Å². The van der Waals surface area contributed by atoms with Crippen LogP contribution in [0.25, 0.3) is 11.1 Å². The number of para-hydroxylation sites is 1. The molecule has 0 saturated carbocycles. The van der Waals surface area contributed by atoms with Crippen LogP contribution in [0, 0.1) is 0 Å². The third-order valence-corrected chi connectivity index (χ3v) is 4.51. The highest BCUT2D eigenvalue weighted by molar-refractivity contribution is 6.30. The summed E-state index contributed by atoms with van der Waals surface area (Å²) in [5.41, 5.74) is 2.01. The number of rotatable bonds is 8. The van der Waals surface area contributed by atoms with Crippen LogP contribution in [0.15, 0.2) is 78.9 Å². The topological polar surface area (TPSA) is 38.8 Å². The van der Waals surface area contributed by atoms with Crippen molar-refractivity contribution in [3.8, 4) is 22.6 Å². The minimum Gasteiger partial charge on any atom is -0.492 e. The highest BCUT2D eigenvalue weighted by Gasteiger charge is 2.12. The van der Waals surface area contributed by atoms with Crippen LogP contribution < -0.4 is 9.47 Å². The number of likely N-dealkylation sites (N-methyl/N-ethyl adjacent to an activating group) is 1. The standard InChI is InChI=1S/C23H22ClNO3/c1-25(15-16-27-20-13-11-19(24)12-14-20)23(26)17-28-22-10-6-5-9-21(22)18-7-3-2-4-8-18/h2-14H,15-17H2,1H3. The van der Waals surface area contributed by atoms with Crippen molar-refractivity contribution in [3.63, 3.8) is 0 Å². The van der Waals surface area contributed by atoms with Gasteiger partial charge in [0.15, 0.2) is 6.61 Å². The largest absolute Gasteiger partial charge is 0.492 e. The molecular formula is C23H22ClNO3. The van der Waals surface area contributed by atoms with Crippen molar-refractivity contribution < 1.29 is 14.3 Å². The van der Waals surface area contributed by atoms with E-state index in [0.717, 1.165) is 16.9 Å². The van der Waals surface area contributed by atoms with Crippen molar-refractivity contribution in [1.29, 1.82) is 0 Å². The molecule has 0 radical (unpaired) electrons. The summed E-state index contributed by atoms with van der Waals surface area (Å²) in [6, 6.07) is 24.8. The molecule has 0 heterocycles. The van der Waals surface area contributed by atoms with E-state index in [4.69, 9.17) is 21.1 Å². The molecule has 0 aliphatic carbocycles. The van der Waals surface area contributed by atoms with Crippen LogP contribution in [0.3, 0.4) is 0 Å². The number of halogens is 1. The molecule has 0 unspecified atom stereocenters. The van der Waals surface area contributed by atoms with Crippen molar-refractivity contribution in [3.05, 3.63) is 83.9 Å². The molecular weight excluding hydrogens is 374 g/mol. The van der Waals surface area contributed by atoms with Crippen LogP contribution in [0.2, 0.25) is 5.02 Å². The van der Waals surface area contributed by atoms with Crippen molar-refractivity contribution in [2.45, 2.75) is 0 Å². The van der Waals surface area contributed by atoms with Gasteiger partial charge in [-0.2, -0.15) is 0 Å². The van der Waals surface area contributed by atoms with Crippen LogP contribution in [0.4, 0.5) is 0 Å². The predicted octanol–water partition coefficient (Wildman–Crippen LogP) is 4.92. The lowest BCUT2D eigenvalue weighted by Gasteiger charge is -2.18. The lowest BCUT2D eigenvalue weighted by molar-refractivity contribution is -0.132. The maximum absolute atomic E-state index is 12.4. The lowest BCUT2D eigenvalue weighted by atomic mass is 10.1. The first-order chi connectivity index (χ1) is 13.6. The number of ether oxygens (including phenoxy) is 2. The molecule has 0 aliphatic heterocycles. The first-order valence-electron chi connectivity index (χ1n) is 9.03. The fourth-order valence-electron chi connectivity index (χ4n) is 2.65. The van der Waals surface area contributed by atoms with Gasteiger partial charge in [0.05, 0.1) is 6.54 Å². The molecule has 0 fully saturated rings. The summed E-state index contributed by atoms with van der Waals surface area (Å²) in [6.45, 7) is 0.830. The van der Waals surface area contributed by atoms with E-state index in [2.05, 4.69) is 0 Å². The normalized spacial score (nSPS) is 10.4. The van der Waals surface area contributed by atoms with Crippen LogP contribution in [-0.2, 0) is 4.79 Å². The molecule has 5 heteroatoms. The second kappa shape index (κ2) is 9.81. The van der Waals surface area contributed by atoms with Crippen molar-refractivity contribution in [2.75, 3.05) is 26.8 Å². The molecule has 3 aromatic carbocycles. The number of carbonyl (C=O) groups excluding carboxylic acids is 1. The lowest BCUT2D eigenvalue weighted by Crippen LogP contribution is -2.34. The Hall–Kier alpha value is -2.98. The second-order valence-corrected chi connectivity index (χ2v) is 6.70. The molecule has 28 heavy (non-hydrogen) atoms. The summed E-state index contributed by atoms with van der Waals surface area (Å²) in [5.74, 6) is 1.30. The fraction of sp³-hybridized carbons (Fsp3) is 0.174. The average Bonchev–Trinajstić information content (AvgIpc) is 2.74. The fourth-order valence-corrected chi connectivity index (χ4v) is 2.78. The zero-order valence-corrected chi connectivity index (χ0v) is 16.4. The van der Waals surface area contributed by atoms with Gasteiger partial charge in [-0.1, -0.05) is 60.1 Å². The zero-order valence-electron chi connectivity index (χ0n) is 15.7. The monoisotopic (exact) mass is 395 g/mol. The van der Waals surface area contributed by atoms with Gasteiger partial charge in [0, 0.05) is 17.6 Å². The molecule has 0 saturated heterocycles. The van der Waals surface area contributed by atoms with Crippen LogP contribution in [0.1, 0.15) is 0 Å². The first kappa shape index (κ1) is 19.8. The summed E-state index contributed by atoms with van der Waals surface area (Å²) < 4.78 is 11.4. The van der Waals surface area contributed by atoms with Gasteiger partial charge < -0.3 is 14.4 Å². The van der Waals surface area contributed by atoms with E-state index >= 15 is 0 Å². The van der Waals surface area contributed by atoms with Gasteiger partial charge in [0.1, 0.15) is 18.1 Å². The third-order valence-electron chi connectivity index (χ3n) is 4.26. The Labute approximate surface area is 170 Å². The quantitative estimate of drug-likeness (QED) is 0.543. The second-order valence-electron chi connectivity index (χ2n) is 6.27. The Bertz CT molecular complexity index is 897. The van der Waals surface area contributed by atoms with Gasteiger partial charge in [-0.15, -0.1) is 0 Å². The summed E-state index contributed by atoms with van der Waals surface area (Å²) in [7, 11) is 1.74. The van der Waals surface area contributed by atoms with Crippen molar-refractivity contribution >= 4 is 17.5 Å². The molecule has 0 aromatic heterocycles. The Morgan fingerprint density at radius 3 is 2.32 bits per heavy atom. The molecule has 4 nitrogen and oxygen atoms in total. The average molecular weight is 396 g/mol. The van der Waals surface area contributed by atoms with E-state index in [9.17, 15) is 4.79 Å². The minimum atomic E-state index is -0.109. The van der Waals surface area contributed by atoms with Gasteiger partial charge in [-0.05, 0) is 35.9 Å². The van der Waals surface area contributed by atoms with E-state index in [1.54, 1.807) is 36.2 Å². The maximum Gasteiger partial charge on any atom is 0.260 e. The van der Waals surface area contributed by atoms with Gasteiger partial charge in [0.25, 0.3) is 5.91 Å². The Balaban J connectivity index is 1.50. The van der Waals surface area contributed by atoms with E-state index in [1.807, 2.05) is 54.6 Å². The molecule has 3 rings (SSSR count). The van der Waals surface area contributed by atoms with E-state index in [1.165, 1.54) is 0 Å². The number of hydrogen-bond donors (Lipinski definition) is 0. The van der Waals surface area contributed by atoms with Gasteiger partial charge >= 0.3 is 0 Å². The van der Waals surface area contributed by atoms with Crippen LogP contribution in [0.5, 0.6) is 11.5 Å². The van der Waals surface area contributed by atoms with Crippen LogP contribution in [-0.4, -0.2) is 37.6 Å². The number of nitrogens with zero attached hydrogens (tertiary/aromatic N) is 1. The molecule has 1 amide bonds. The Kier molecular flexibility index (Phi) is 6.93. The molecule has 0 N–H and O–H groups in total. The van der Waals surface area contributed by atoms with Gasteiger partial charge in [-0.25, -0.2) is 0 Å². The van der Waals surface area contributed by atoms with E-state index in [-0.39, 0.29) is 12.5 Å². The van der Waals surface area contributed by atoms with E-state index in [0.29, 0.717) is 23.9 Å². The third kappa shape index (κ3) is 5.51. The maximum atomic E-state index is 12.4. The number of carbonyl (C=O) groups is 1. The smallest absolute Gasteiger partial charge is 0.260 e. The van der Waals surface area contributed by atoms with E-state index < -0.39 is 0 Å². The highest BCUT2D eigenvalue weighted by atomic mass is 35.5. The predicted molar refractivity (Wildman–Crippen MR) is 112 cm³/mol. The highest BCUT2D eigenvalue weighted by Crippen LogP contribution is 2.29.